The van der Waals surface area contributed by atoms with Gasteiger partial charge >= 0.3 is 0 Å². The van der Waals surface area contributed by atoms with E-state index in [1.807, 2.05) is 59.2 Å². The van der Waals surface area contributed by atoms with Crippen molar-refractivity contribution in [3.8, 4) is 0 Å². The van der Waals surface area contributed by atoms with E-state index in [9.17, 15) is 9.59 Å². The second kappa shape index (κ2) is 5.13. The molecule has 2 aromatic carbocycles. The van der Waals surface area contributed by atoms with Crippen LogP contribution in [0.1, 0.15) is 26.4 Å². The van der Waals surface area contributed by atoms with Crippen molar-refractivity contribution in [1.29, 1.82) is 0 Å². The highest BCUT2D eigenvalue weighted by Gasteiger charge is 2.15. The first kappa shape index (κ1) is 12.4. The van der Waals surface area contributed by atoms with Gasteiger partial charge in [0, 0.05) is 17.4 Å². The van der Waals surface area contributed by atoms with E-state index in [0.717, 1.165) is 29.0 Å². The van der Waals surface area contributed by atoms with Crippen LogP contribution in [0.25, 0.3) is 10.9 Å². The Morgan fingerprint density at radius 3 is 2.25 bits per heavy atom. The molecule has 1 heterocycles. The molecular weight excluding hydrogens is 250 g/mol. The van der Waals surface area contributed by atoms with Gasteiger partial charge in [0.2, 0.25) is 0 Å². The third-order valence-corrected chi connectivity index (χ3v) is 3.46. The van der Waals surface area contributed by atoms with E-state index in [4.69, 9.17) is 0 Å². The molecule has 0 N–H and O–H groups in total. The fourth-order valence-corrected chi connectivity index (χ4v) is 2.54. The Balaban J connectivity index is 2.23. The molecule has 3 heteroatoms. The van der Waals surface area contributed by atoms with E-state index < -0.39 is 0 Å². The number of hydrogen-bond donors (Lipinski definition) is 0. The predicted molar refractivity (Wildman–Crippen MR) is 78.3 cm³/mol. The van der Waals surface area contributed by atoms with Crippen molar-refractivity contribution < 1.29 is 9.59 Å². The normalized spacial score (nSPS) is 10.6. The van der Waals surface area contributed by atoms with Crippen molar-refractivity contribution in [3.05, 3.63) is 71.4 Å². The molecule has 0 aliphatic rings. The highest BCUT2D eigenvalue weighted by molar-refractivity contribution is 6.05. The minimum absolute atomic E-state index is 0.435. The molecule has 0 bridgehead atoms. The molecule has 0 atom stereocenters. The first-order valence-electron chi connectivity index (χ1n) is 6.40. The van der Waals surface area contributed by atoms with Gasteiger partial charge in [-0.25, -0.2) is 0 Å². The molecule has 20 heavy (non-hydrogen) atoms. The summed E-state index contributed by atoms with van der Waals surface area (Å²) >= 11 is 0. The van der Waals surface area contributed by atoms with Gasteiger partial charge in [0.15, 0.2) is 12.6 Å². The molecule has 0 aliphatic carbocycles. The summed E-state index contributed by atoms with van der Waals surface area (Å²) in [5, 5.41) is 0.820. The third kappa shape index (κ3) is 1.93. The minimum Gasteiger partial charge on any atom is -0.333 e. The standard InChI is InChI=1S/C17H13NO2/c19-11-15-14-8-4-5-9-16(14)18(17(15)12-20)10-13-6-2-1-3-7-13/h1-9,11-12H,10H2. The zero-order chi connectivity index (χ0) is 13.9. The van der Waals surface area contributed by atoms with Gasteiger partial charge in [0.05, 0.1) is 11.3 Å². The second-order valence-electron chi connectivity index (χ2n) is 4.62. The van der Waals surface area contributed by atoms with Gasteiger partial charge in [-0.15, -0.1) is 0 Å². The highest BCUT2D eigenvalue weighted by atomic mass is 16.1. The number of hydrogen-bond acceptors (Lipinski definition) is 2. The van der Waals surface area contributed by atoms with Crippen LogP contribution in [0.3, 0.4) is 0 Å². The SMILES string of the molecule is O=Cc1c(C=O)n(Cc2ccccc2)c2ccccc12. The van der Waals surface area contributed by atoms with E-state index in [1.165, 1.54) is 0 Å². The van der Waals surface area contributed by atoms with E-state index in [2.05, 4.69) is 0 Å². The largest absolute Gasteiger partial charge is 0.333 e. The number of carbonyl (C=O) groups excluding carboxylic acids is 2. The summed E-state index contributed by atoms with van der Waals surface area (Å²) in [6.07, 6.45) is 1.51. The Hall–Kier alpha value is -2.68. The van der Waals surface area contributed by atoms with Gasteiger partial charge in [-0.2, -0.15) is 0 Å². The van der Waals surface area contributed by atoms with Crippen LogP contribution in [0.4, 0.5) is 0 Å². The van der Waals surface area contributed by atoms with Crippen LogP contribution in [-0.2, 0) is 6.54 Å². The topological polar surface area (TPSA) is 39.1 Å². The van der Waals surface area contributed by atoms with Crippen molar-refractivity contribution in [2.24, 2.45) is 0 Å². The lowest BCUT2D eigenvalue weighted by molar-refractivity contribution is 0.109. The summed E-state index contributed by atoms with van der Waals surface area (Å²) in [5.41, 5.74) is 2.89. The number of aromatic nitrogens is 1. The van der Waals surface area contributed by atoms with Crippen LogP contribution < -0.4 is 0 Å². The Morgan fingerprint density at radius 2 is 1.55 bits per heavy atom. The molecule has 0 unspecified atom stereocenters. The average Bonchev–Trinajstić information content (AvgIpc) is 2.81. The van der Waals surface area contributed by atoms with Crippen molar-refractivity contribution in [1.82, 2.24) is 4.57 Å². The summed E-state index contributed by atoms with van der Waals surface area (Å²) in [6, 6.07) is 17.5. The number of para-hydroxylation sites is 1. The molecule has 3 nitrogen and oxygen atoms in total. The minimum atomic E-state index is 0.435. The Kier molecular flexibility index (Phi) is 3.17. The van der Waals surface area contributed by atoms with Gasteiger partial charge in [-0.3, -0.25) is 9.59 Å². The van der Waals surface area contributed by atoms with Gasteiger partial charge in [0.25, 0.3) is 0 Å². The molecule has 98 valence electrons. The molecule has 0 fully saturated rings. The third-order valence-electron chi connectivity index (χ3n) is 3.46. The maximum Gasteiger partial charge on any atom is 0.167 e. The van der Waals surface area contributed by atoms with Crippen LogP contribution in [0.2, 0.25) is 0 Å². The number of carbonyl (C=O) groups is 2. The van der Waals surface area contributed by atoms with Crippen LogP contribution in [0, 0.1) is 0 Å². The maximum absolute atomic E-state index is 11.4. The van der Waals surface area contributed by atoms with Gasteiger partial charge < -0.3 is 4.57 Å². The number of benzene rings is 2. The van der Waals surface area contributed by atoms with E-state index in [-0.39, 0.29) is 0 Å². The summed E-state index contributed by atoms with van der Waals surface area (Å²) in [6.45, 7) is 0.573. The van der Waals surface area contributed by atoms with Gasteiger partial charge in [-0.1, -0.05) is 48.5 Å². The molecule has 0 saturated heterocycles. The van der Waals surface area contributed by atoms with Crippen LogP contribution in [-0.4, -0.2) is 17.1 Å². The van der Waals surface area contributed by atoms with E-state index in [0.29, 0.717) is 17.8 Å². The Labute approximate surface area is 116 Å². The molecule has 1 aromatic heterocycles. The van der Waals surface area contributed by atoms with Crippen LogP contribution in [0.5, 0.6) is 0 Å². The quantitative estimate of drug-likeness (QED) is 0.677. The molecular formula is C17H13NO2. The van der Waals surface area contributed by atoms with Crippen molar-refractivity contribution in [2.75, 3.05) is 0 Å². The monoisotopic (exact) mass is 263 g/mol. The smallest absolute Gasteiger partial charge is 0.167 e. The summed E-state index contributed by atoms with van der Waals surface area (Å²) in [4.78, 5) is 22.7. The maximum atomic E-state index is 11.4. The fraction of sp³-hybridized carbons (Fsp3) is 0.0588. The fourth-order valence-electron chi connectivity index (χ4n) is 2.54. The van der Waals surface area contributed by atoms with Gasteiger partial charge in [-0.05, 0) is 11.6 Å². The van der Waals surface area contributed by atoms with Crippen LogP contribution in [0.15, 0.2) is 54.6 Å². The summed E-state index contributed by atoms with van der Waals surface area (Å²) in [7, 11) is 0. The van der Waals surface area contributed by atoms with Crippen molar-refractivity contribution in [3.63, 3.8) is 0 Å². The highest BCUT2D eigenvalue weighted by Crippen LogP contribution is 2.25. The zero-order valence-corrected chi connectivity index (χ0v) is 10.8. The van der Waals surface area contributed by atoms with Gasteiger partial charge in [0.1, 0.15) is 0 Å². The molecule has 3 aromatic rings. The van der Waals surface area contributed by atoms with Crippen molar-refractivity contribution >= 4 is 23.5 Å². The number of fused-ring (bicyclic) bond motifs is 1. The second-order valence-corrected chi connectivity index (χ2v) is 4.62. The summed E-state index contributed by atoms with van der Waals surface area (Å²) < 4.78 is 1.89. The molecule has 0 amide bonds. The number of nitrogens with zero attached hydrogens (tertiary/aromatic N) is 1. The first-order valence-corrected chi connectivity index (χ1v) is 6.40. The lowest BCUT2D eigenvalue weighted by Crippen LogP contribution is -2.04. The van der Waals surface area contributed by atoms with Crippen molar-refractivity contribution in [2.45, 2.75) is 6.54 Å². The molecule has 0 spiro atoms. The number of aldehydes is 2. The Bertz CT molecular complexity index is 772. The molecule has 3 rings (SSSR count). The molecule has 0 saturated carbocycles. The van der Waals surface area contributed by atoms with E-state index in [1.54, 1.807) is 0 Å². The Morgan fingerprint density at radius 1 is 0.850 bits per heavy atom. The summed E-state index contributed by atoms with van der Waals surface area (Å²) in [5.74, 6) is 0. The average molecular weight is 263 g/mol. The first-order chi connectivity index (χ1) is 9.85. The molecule has 0 radical (unpaired) electrons. The molecule has 0 aliphatic heterocycles. The van der Waals surface area contributed by atoms with E-state index >= 15 is 0 Å². The lowest BCUT2D eigenvalue weighted by Gasteiger charge is -2.07. The zero-order valence-electron chi connectivity index (χ0n) is 10.8. The number of rotatable bonds is 4. The van der Waals surface area contributed by atoms with Crippen LogP contribution >= 0.6 is 0 Å². The predicted octanol–water partition coefficient (Wildman–Crippen LogP) is 3.31. The lowest BCUT2D eigenvalue weighted by atomic mass is 10.1.